The van der Waals surface area contributed by atoms with Gasteiger partial charge in [0.25, 0.3) is 0 Å². The molecule has 0 spiro atoms. The molecule has 66 valence electrons. The van der Waals surface area contributed by atoms with Crippen molar-refractivity contribution >= 4 is 23.1 Å². The molecule has 0 unspecified atom stereocenters. The van der Waals surface area contributed by atoms with Crippen LogP contribution in [0.15, 0.2) is 9.85 Å². The number of hydrogen-bond donors (Lipinski definition) is 1. The maximum Gasteiger partial charge on any atom is 0.174 e. The first-order chi connectivity index (χ1) is 5.79. The summed E-state index contributed by atoms with van der Waals surface area (Å²) < 4.78 is 0.954. The van der Waals surface area contributed by atoms with E-state index < -0.39 is 5.60 Å². The maximum atomic E-state index is 9.74. The summed E-state index contributed by atoms with van der Waals surface area (Å²) in [6.07, 6.45) is 3.05. The predicted molar refractivity (Wildman–Crippen MR) is 49.4 cm³/mol. The molecule has 3 nitrogen and oxygen atoms in total. The molecule has 0 radical (unpaired) electrons. The molecular formula is C7H10N2OS2. The highest BCUT2D eigenvalue weighted by Crippen LogP contribution is 2.36. The van der Waals surface area contributed by atoms with E-state index in [1.165, 1.54) is 11.3 Å². The lowest BCUT2D eigenvalue weighted by atomic mass is 9.82. The van der Waals surface area contributed by atoms with Crippen molar-refractivity contribution in [3.63, 3.8) is 0 Å². The second-order valence-electron chi connectivity index (χ2n) is 3.07. The van der Waals surface area contributed by atoms with Gasteiger partial charge in [0.05, 0.1) is 5.60 Å². The molecule has 0 saturated heterocycles. The average Bonchev–Trinajstić information content (AvgIpc) is 2.49. The largest absolute Gasteiger partial charge is 0.389 e. The minimum atomic E-state index is -0.406. The summed E-state index contributed by atoms with van der Waals surface area (Å²) in [5, 5.41) is 17.4. The molecule has 0 atom stereocenters. The van der Waals surface area contributed by atoms with Crippen molar-refractivity contribution in [2.45, 2.75) is 29.2 Å². The van der Waals surface area contributed by atoms with Crippen molar-refractivity contribution in [1.29, 1.82) is 0 Å². The number of aliphatic hydroxyl groups is 1. The minimum Gasteiger partial charge on any atom is -0.389 e. The molecule has 1 aromatic heterocycles. The average molecular weight is 202 g/mol. The first-order valence-corrected chi connectivity index (χ1v) is 5.76. The van der Waals surface area contributed by atoms with E-state index in [2.05, 4.69) is 10.2 Å². The summed E-state index contributed by atoms with van der Waals surface area (Å²) in [7, 11) is 0. The molecule has 2 rings (SSSR count). The first kappa shape index (κ1) is 8.47. The van der Waals surface area contributed by atoms with Gasteiger partial charge in [0.1, 0.15) is 5.51 Å². The lowest BCUT2D eigenvalue weighted by molar-refractivity contribution is -0.00988. The van der Waals surface area contributed by atoms with E-state index in [0.717, 1.165) is 29.4 Å². The number of nitrogens with zero attached hydrogens (tertiary/aromatic N) is 2. The zero-order valence-corrected chi connectivity index (χ0v) is 8.20. The van der Waals surface area contributed by atoms with E-state index in [9.17, 15) is 5.11 Å². The van der Waals surface area contributed by atoms with Crippen molar-refractivity contribution < 1.29 is 5.11 Å². The number of rotatable bonds is 3. The fourth-order valence-corrected chi connectivity index (χ4v) is 2.79. The van der Waals surface area contributed by atoms with E-state index in [0.29, 0.717) is 0 Å². The number of aromatic nitrogens is 2. The molecule has 0 aromatic carbocycles. The Kier molecular flexibility index (Phi) is 2.34. The Balaban J connectivity index is 1.82. The van der Waals surface area contributed by atoms with Gasteiger partial charge in [-0.1, -0.05) is 23.1 Å². The Morgan fingerprint density at radius 2 is 2.50 bits per heavy atom. The molecule has 1 fully saturated rings. The molecule has 1 aliphatic rings. The zero-order chi connectivity index (χ0) is 8.44. The second kappa shape index (κ2) is 3.32. The van der Waals surface area contributed by atoms with Crippen molar-refractivity contribution in [3.05, 3.63) is 5.51 Å². The molecule has 1 heterocycles. The molecule has 0 bridgehead atoms. The first-order valence-electron chi connectivity index (χ1n) is 3.90. The van der Waals surface area contributed by atoms with Crippen LogP contribution in [0.25, 0.3) is 0 Å². The SMILES string of the molecule is OC1(CSc2nncs2)CCC1. The zero-order valence-electron chi connectivity index (χ0n) is 6.56. The normalized spacial score (nSPS) is 20.4. The van der Waals surface area contributed by atoms with Gasteiger partial charge in [0, 0.05) is 5.75 Å². The summed E-state index contributed by atoms with van der Waals surface area (Å²) in [5.41, 5.74) is 1.31. The van der Waals surface area contributed by atoms with Crippen LogP contribution in [0.4, 0.5) is 0 Å². The van der Waals surface area contributed by atoms with Gasteiger partial charge in [0.2, 0.25) is 0 Å². The van der Waals surface area contributed by atoms with Crippen LogP contribution in [0.3, 0.4) is 0 Å². The van der Waals surface area contributed by atoms with Gasteiger partial charge in [-0.3, -0.25) is 0 Å². The third-order valence-corrected chi connectivity index (χ3v) is 4.22. The fraction of sp³-hybridized carbons (Fsp3) is 0.714. The number of hydrogen-bond acceptors (Lipinski definition) is 5. The Hall–Kier alpha value is -0.130. The molecule has 12 heavy (non-hydrogen) atoms. The lowest BCUT2D eigenvalue weighted by Gasteiger charge is -2.35. The third-order valence-electron chi connectivity index (χ3n) is 2.09. The van der Waals surface area contributed by atoms with E-state index in [4.69, 9.17) is 0 Å². The third kappa shape index (κ3) is 1.78. The van der Waals surface area contributed by atoms with E-state index >= 15 is 0 Å². The van der Waals surface area contributed by atoms with Gasteiger partial charge in [-0.05, 0) is 19.3 Å². The van der Waals surface area contributed by atoms with E-state index in [-0.39, 0.29) is 0 Å². The van der Waals surface area contributed by atoms with Gasteiger partial charge in [0.15, 0.2) is 4.34 Å². The van der Waals surface area contributed by atoms with Crippen LogP contribution in [0.1, 0.15) is 19.3 Å². The smallest absolute Gasteiger partial charge is 0.174 e. The van der Waals surface area contributed by atoms with Crippen LogP contribution >= 0.6 is 23.1 Å². The van der Waals surface area contributed by atoms with Gasteiger partial charge < -0.3 is 5.11 Å². The summed E-state index contributed by atoms with van der Waals surface area (Å²) >= 11 is 3.13. The highest BCUT2D eigenvalue weighted by molar-refractivity contribution is 8.01. The van der Waals surface area contributed by atoms with Crippen LogP contribution in [-0.4, -0.2) is 26.7 Å². The quantitative estimate of drug-likeness (QED) is 0.755. The van der Waals surface area contributed by atoms with Gasteiger partial charge in [-0.25, -0.2) is 0 Å². The lowest BCUT2D eigenvalue weighted by Crippen LogP contribution is -2.39. The van der Waals surface area contributed by atoms with Crippen molar-refractivity contribution in [1.82, 2.24) is 10.2 Å². The molecule has 1 saturated carbocycles. The summed E-state index contributed by atoms with van der Waals surface area (Å²) in [6, 6.07) is 0. The molecule has 5 heteroatoms. The molecule has 1 aromatic rings. The summed E-state index contributed by atoms with van der Waals surface area (Å²) in [5.74, 6) is 0.766. The molecule has 1 N–H and O–H groups in total. The van der Waals surface area contributed by atoms with Gasteiger partial charge >= 0.3 is 0 Å². The monoisotopic (exact) mass is 202 g/mol. The second-order valence-corrected chi connectivity index (χ2v) is 5.13. The van der Waals surface area contributed by atoms with Crippen LogP contribution in [0, 0.1) is 0 Å². The topological polar surface area (TPSA) is 46.0 Å². The van der Waals surface area contributed by atoms with Gasteiger partial charge in [-0.2, -0.15) is 0 Å². The van der Waals surface area contributed by atoms with Crippen LogP contribution < -0.4 is 0 Å². The Bertz CT molecular complexity index is 246. The van der Waals surface area contributed by atoms with Crippen molar-refractivity contribution in [3.8, 4) is 0 Å². The van der Waals surface area contributed by atoms with Crippen LogP contribution in [0.2, 0.25) is 0 Å². The Morgan fingerprint density at radius 3 is 3.00 bits per heavy atom. The van der Waals surface area contributed by atoms with Crippen LogP contribution in [-0.2, 0) is 0 Å². The standard InChI is InChI=1S/C7H10N2OS2/c10-7(2-1-3-7)4-11-6-9-8-5-12-6/h5,10H,1-4H2. The number of thioether (sulfide) groups is 1. The Labute approximate surface area is 79.2 Å². The fourth-order valence-electron chi connectivity index (χ4n) is 1.15. The van der Waals surface area contributed by atoms with Gasteiger partial charge in [-0.15, -0.1) is 10.2 Å². The van der Waals surface area contributed by atoms with Crippen LogP contribution in [0.5, 0.6) is 0 Å². The highest BCUT2D eigenvalue weighted by atomic mass is 32.2. The van der Waals surface area contributed by atoms with E-state index in [1.807, 2.05) is 0 Å². The summed E-state index contributed by atoms with van der Waals surface area (Å²) in [6.45, 7) is 0. The van der Waals surface area contributed by atoms with E-state index in [1.54, 1.807) is 17.3 Å². The minimum absolute atomic E-state index is 0.406. The molecular weight excluding hydrogens is 192 g/mol. The molecule has 0 amide bonds. The summed E-state index contributed by atoms with van der Waals surface area (Å²) in [4.78, 5) is 0. The predicted octanol–water partition coefficient (Wildman–Crippen LogP) is 1.55. The molecule has 0 aliphatic heterocycles. The molecule has 1 aliphatic carbocycles. The van der Waals surface area contributed by atoms with Crippen molar-refractivity contribution in [2.75, 3.05) is 5.75 Å². The highest BCUT2D eigenvalue weighted by Gasteiger charge is 2.34. The van der Waals surface area contributed by atoms with Crippen molar-refractivity contribution in [2.24, 2.45) is 0 Å². The Morgan fingerprint density at radius 1 is 1.67 bits per heavy atom. The maximum absolute atomic E-state index is 9.74.